The van der Waals surface area contributed by atoms with Gasteiger partial charge in [0.25, 0.3) is 10.0 Å². The molecule has 0 unspecified atom stereocenters. The van der Waals surface area contributed by atoms with Gasteiger partial charge in [-0.2, -0.15) is 0 Å². The van der Waals surface area contributed by atoms with Crippen molar-refractivity contribution in [3.8, 4) is 0 Å². The molecule has 0 saturated carbocycles. The average Bonchev–Trinajstić information content (AvgIpc) is 2.41. The quantitative estimate of drug-likeness (QED) is 0.885. The molecule has 106 valence electrons. The molecule has 0 aliphatic rings. The molecule has 0 heterocycles. The first-order valence-electron chi connectivity index (χ1n) is 5.62. The van der Waals surface area contributed by atoms with E-state index in [1.165, 1.54) is 31.3 Å². The molecule has 20 heavy (non-hydrogen) atoms. The lowest BCUT2D eigenvalue weighted by molar-refractivity contribution is 0.552. The molecule has 0 radical (unpaired) electrons. The van der Waals surface area contributed by atoms with Gasteiger partial charge in [-0.1, -0.05) is 0 Å². The highest BCUT2D eigenvalue weighted by Crippen LogP contribution is 2.25. The molecule has 0 amide bonds. The highest BCUT2D eigenvalue weighted by molar-refractivity contribution is 7.92. The molecule has 4 nitrogen and oxygen atoms in total. The van der Waals surface area contributed by atoms with Crippen LogP contribution < -0.4 is 10.0 Å². The summed E-state index contributed by atoms with van der Waals surface area (Å²) in [5, 5.41) is 0. The molecule has 7 heteroatoms. The maximum atomic E-state index is 13.6. The molecule has 0 atom stereocenters. The third-order valence-corrected chi connectivity index (χ3v) is 4.59. The van der Waals surface area contributed by atoms with Gasteiger partial charge < -0.3 is 5.73 Å². The predicted octanol–water partition coefficient (Wildman–Crippen LogP) is 2.37. The first kappa shape index (κ1) is 14.3. The zero-order valence-corrected chi connectivity index (χ0v) is 11.4. The van der Waals surface area contributed by atoms with Crippen molar-refractivity contribution < 1.29 is 17.2 Å². The zero-order chi connectivity index (χ0) is 14.9. The number of nitrogens with zero attached hydrogens (tertiary/aromatic N) is 1. The number of sulfonamides is 1. The summed E-state index contributed by atoms with van der Waals surface area (Å²) >= 11 is 0. The van der Waals surface area contributed by atoms with Crippen LogP contribution in [0.1, 0.15) is 0 Å². The van der Waals surface area contributed by atoms with E-state index >= 15 is 0 Å². The van der Waals surface area contributed by atoms with E-state index in [4.69, 9.17) is 5.73 Å². The third-order valence-electron chi connectivity index (χ3n) is 2.79. The Bertz CT molecular complexity index is 731. The maximum Gasteiger partial charge on any atom is 0.267 e. The van der Waals surface area contributed by atoms with Crippen LogP contribution in [0, 0.1) is 11.6 Å². The number of anilines is 2. The van der Waals surface area contributed by atoms with Crippen LogP contribution in [-0.4, -0.2) is 15.5 Å². The van der Waals surface area contributed by atoms with Gasteiger partial charge >= 0.3 is 0 Å². The lowest BCUT2D eigenvalue weighted by Crippen LogP contribution is -2.27. The maximum absolute atomic E-state index is 13.6. The molecule has 0 aromatic heterocycles. The standard InChI is InChI=1S/C13H12F2N2O2S/c1-17(11-5-3-10(16)4-6-11)20(18,19)13-8-9(14)2-7-12(13)15/h2-8H,16H2,1H3. The fourth-order valence-electron chi connectivity index (χ4n) is 1.65. The Morgan fingerprint density at radius 3 is 2.25 bits per heavy atom. The Morgan fingerprint density at radius 1 is 1.05 bits per heavy atom. The van der Waals surface area contributed by atoms with Crippen molar-refractivity contribution in [3.63, 3.8) is 0 Å². The number of nitrogen functional groups attached to an aromatic ring is 1. The van der Waals surface area contributed by atoms with Gasteiger partial charge in [-0.25, -0.2) is 17.2 Å². The van der Waals surface area contributed by atoms with Gasteiger partial charge in [0.05, 0.1) is 5.69 Å². The van der Waals surface area contributed by atoms with Crippen LogP contribution in [0.2, 0.25) is 0 Å². The summed E-state index contributed by atoms with van der Waals surface area (Å²) in [4.78, 5) is -0.711. The molecule has 2 N–H and O–H groups in total. The van der Waals surface area contributed by atoms with E-state index in [9.17, 15) is 17.2 Å². The molecule has 0 spiro atoms. The normalized spacial score (nSPS) is 11.3. The van der Waals surface area contributed by atoms with Gasteiger partial charge in [0, 0.05) is 12.7 Å². The van der Waals surface area contributed by atoms with Crippen molar-refractivity contribution in [2.45, 2.75) is 4.90 Å². The topological polar surface area (TPSA) is 63.4 Å². The second-order valence-electron chi connectivity index (χ2n) is 4.14. The van der Waals surface area contributed by atoms with Gasteiger partial charge in [0.1, 0.15) is 16.5 Å². The monoisotopic (exact) mass is 298 g/mol. The zero-order valence-electron chi connectivity index (χ0n) is 10.5. The van der Waals surface area contributed by atoms with E-state index in [0.29, 0.717) is 17.4 Å². The summed E-state index contributed by atoms with van der Waals surface area (Å²) in [6.07, 6.45) is 0. The lowest BCUT2D eigenvalue weighted by atomic mass is 10.3. The lowest BCUT2D eigenvalue weighted by Gasteiger charge is -2.20. The largest absolute Gasteiger partial charge is 0.399 e. The van der Waals surface area contributed by atoms with Crippen molar-refractivity contribution in [3.05, 3.63) is 54.1 Å². The summed E-state index contributed by atoms with van der Waals surface area (Å²) in [6, 6.07) is 8.27. The van der Waals surface area contributed by atoms with Crippen LogP contribution in [-0.2, 0) is 10.0 Å². The van der Waals surface area contributed by atoms with Gasteiger partial charge in [-0.05, 0) is 42.5 Å². The molecule has 0 bridgehead atoms. The van der Waals surface area contributed by atoms with Crippen molar-refractivity contribution in [1.29, 1.82) is 0 Å². The Balaban J connectivity index is 2.49. The van der Waals surface area contributed by atoms with Crippen molar-refractivity contribution in [1.82, 2.24) is 0 Å². The van der Waals surface area contributed by atoms with Crippen molar-refractivity contribution in [2.24, 2.45) is 0 Å². The third kappa shape index (κ3) is 2.57. The van der Waals surface area contributed by atoms with Crippen LogP contribution in [0.5, 0.6) is 0 Å². The summed E-state index contributed by atoms with van der Waals surface area (Å²) in [5.74, 6) is -1.83. The second-order valence-corrected chi connectivity index (χ2v) is 6.08. The Hall–Kier alpha value is -2.15. The van der Waals surface area contributed by atoms with E-state index in [1.54, 1.807) is 0 Å². The highest BCUT2D eigenvalue weighted by Gasteiger charge is 2.25. The van der Waals surface area contributed by atoms with Gasteiger partial charge in [0.15, 0.2) is 0 Å². The van der Waals surface area contributed by atoms with E-state index in [-0.39, 0.29) is 0 Å². The first-order chi connectivity index (χ1) is 9.32. The van der Waals surface area contributed by atoms with Crippen LogP contribution in [0.3, 0.4) is 0 Å². The fourth-order valence-corrected chi connectivity index (χ4v) is 2.92. The molecular formula is C13H12F2N2O2S. The summed E-state index contributed by atoms with van der Waals surface area (Å²) in [6.45, 7) is 0. The Kier molecular flexibility index (Phi) is 3.63. The van der Waals surface area contributed by atoms with E-state index in [2.05, 4.69) is 0 Å². The molecule has 0 fully saturated rings. The molecule has 0 saturated heterocycles. The molecule has 2 aromatic rings. The van der Waals surface area contributed by atoms with Gasteiger partial charge in [-0.15, -0.1) is 0 Å². The molecular weight excluding hydrogens is 286 g/mol. The van der Waals surface area contributed by atoms with Gasteiger partial charge in [-0.3, -0.25) is 4.31 Å². The van der Waals surface area contributed by atoms with Crippen molar-refractivity contribution >= 4 is 21.4 Å². The number of benzene rings is 2. The molecule has 0 aliphatic carbocycles. The van der Waals surface area contributed by atoms with Gasteiger partial charge in [0.2, 0.25) is 0 Å². The van der Waals surface area contributed by atoms with E-state index < -0.39 is 26.6 Å². The molecule has 0 aliphatic heterocycles. The Morgan fingerprint density at radius 2 is 1.65 bits per heavy atom. The van der Waals surface area contributed by atoms with Crippen LogP contribution in [0.4, 0.5) is 20.2 Å². The highest BCUT2D eigenvalue weighted by atomic mass is 32.2. The van der Waals surface area contributed by atoms with Crippen molar-refractivity contribution in [2.75, 3.05) is 17.1 Å². The molecule has 2 rings (SSSR count). The first-order valence-corrected chi connectivity index (χ1v) is 7.06. The fraction of sp³-hybridized carbons (Fsp3) is 0.0769. The second kappa shape index (κ2) is 5.09. The number of nitrogens with two attached hydrogens (primary N) is 1. The number of hydrogen-bond donors (Lipinski definition) is 1. The average molecular weight is 298 g/mol. The summed E-state index contributed by atoms with van der Waals surface area (Å²) < 4.78 is 52.2. The minimum atomic E-state index is -4.18. The number of hydrogen-bond acceptors (Lipinski definition) is 3. The minimum Gasteiger partial charge on any atom is -0.399 e. The minimum absolute atomic E-state index is 0.294. The SMILES string of the molecule is CN(c1ccc(N)cc1)S(=O)(=O)c1cc(F)ccc1F. The van der Waals surface area contributed by atoms with Crippen LogP contribution in [0.25, 0.3) is 0 Å². The Labute approximate surface area is 115 Å². The predicted molar refractivity (Wildman–Crippen MR) is 72.8 cm³/mol. The number of halogens is 2. The molecule has 2 aromatic carbocycles. The summed E-state index contributed by atoms with van der Waals surface area (Å²) in [7, 11) is -2.93. The van der Waals surface area contributed by atoms with Crippen LogP contribution >= 0.6 is 0 Å². The van der Waals surface area contributed by atoms with E-state index in [1.807, 2.05) is 0 Å². The number of rotatable bonds is 3. The smallest absolute Gasteiger partial charge is 0.267 e. The van der Waals surface area contributed by atoms with Crippen LogP contribution in [0.15, 0.2) is 47.4 Å². The van der Waals surface area contributed by atoms with E-state index in [0.717, 1.165) is 16.4 Å². The summed E-state index contributed by atoms with van der Waals surface area (Å²) in [5.41, 5.74) is 6.28.